The zero-order valence-corrected chi connectivity index (χ0v) is 16.2. The molecule has 1 aliphatic heterocycles. The van der Waals surface area contributed by atoms with Crippen molar-refractivity contribution in [3.8, 4) is 0 Å². The maximum atomic E-state index is 12.3. The van der Waals surface area contributed by atoms with E-state index in [1.54, 1.807) is 17.0 Å². The molecule has 0 atom stereocenters. The number of ketones is 1. The van der Waals surface area contributed by atoms with E-state index in [0.717, 1.165) is 31.5 Å². The normalized spacial score (nSPS) is 13.6. The number of Topliss-reactive ketones (excluding diaryl/α,β-unsaturated/α-hetero) is 1. The monoisotopic (exact) mass is 378 g/mol. The summed E-state index contributed by atoms with van der Waals surface area (Å²) in [5, 5.41) is 2.81. The van der Waals surface area contributed by atoms with Crippen LogP contribution in [0.1, 0.15) is 54.9 Å². The standard InChI is InChI=1S/C23H26N2O3/c1-2-4-17-6-8-18(9-7-17)21(26)14-15-22(27)24-19-10-12-20(13-11-19)25-16-3-5-23(25)28/h6-13H,2-5,14-16H2,1H3,(H,24,27). The summed E-state index contributed by atoms with van der Waals surface area (Å²) in [6, 6.07) is 14.9. The van der Waals surface area contributed by atoms with Gasteiger partial charge in [0.15, 0.2) is 5.78 Å². The van der Waals surface area contributed by atoms with Crippen molar-refractivity contribution in [2.75, 3.05) is 16.8 Å². The van der Waals surface area contributed by atoms with Crippen molar-refractivity contribution in [3.05, 3.63) is 59.7 Å². The van der Waals surface area contributed by atoms with Crippen LogP contribution in [-0.4, -0.2) is 24.1 Å². The van der Waals surface area contributed by atoms with Gasteiger partial charge >= 0.3 is 0 Å². The van der Waals surface area contributed by atoms with Gasteiger partial charge in [0.25, 0.3) is 0 Å². The quantitative estimate of drug-likeness (QED) is 0.694. The molecule has 5 heteroatoms. The van der Waals surface area contributed by atoms with Gasteiger partial charge in [-0.2, -0.15) is 0 Å². The first kappa shape index (κ1) is 19.8. The Morgan fingerprint density at radius 1 is 1.00 bits per heavy atom. The summed E-state index contributed by atoms with van der Waals surface area (Å²) in [4.78, 5) is 38.0. The number of carbonyl (C=O) groups is 3. The lowest BCUT2D eigenvalue weighted by molar-refractivity contribution is -0.117. The van der Waals surface area contributed by atoms with Crippen LogP contribution >= 0.6 is 0 Å². The third-order valence-electron chi connectivity index (χ3n) is 4.93. The molecule has 2 aromatic carbocycles. The van der Waals surface area contributed by atoms with Crippen LogP contribution in [0, 0.1) is 0 Å². The van der Waals surface area contributed by atoms with E-state index in [2.05, 4.69) is 12.2 Å². The summed E-state index contributed by atoms with van der Waals surface area (Å²) in [7, 11) is 0. The molecule has 146 valence electrons. The largest absolute Gasteiger partial charge is 0.326 e. The van der Waals surface area contributed by atoms with Crippen LogP contribution in [-0.2, 0) is 16.0 Å². The highest BCUT2D eigenvalue weighted by molar-refractivity contribution is 6.00. The number of hydrogen-bond donors (Lipinski definition) is 1. The Hall–Kier alpha value is -2.95. The molecule has 0 aliphatic carbocycles. The first-order chi connectivity index (χ1) is 13.6. The van der Waals surface area contributed by atoms with E-state index in [1.165, 1.54) is 5.56 Å². The summed E-state index contributed by atoms with van der Waals surface area (Å²) >= 11 is 0. The number of aryl methyl sites for hydroxylation is 1. The fourth-order valence-electron chi connectivity index (χ4n) is 3.39. The molecular weight excluding hydrogens is 352 g/mol. The minimum Gasteiger partial charge on any atom is -0.326 e. The molecule has 1 N–H and O–H groups in total. The molecule has 0 spiro atoms. The second-order valence-corrected chi connectivity index (χ2v) is 7.11. The SMILES string of the molecule is CCCc1ccc(C(=O)CCC(=O)Nc2ccc(N3CCCC3=O)cc2)cc1. The van der Waals surface area contributed by atoms with Gasteiger partial charge in [-0.15, -0.1) is 0 Å². The van der Waals surface area contributed by atoms with Crippen molar-refractivity contribution in [1.29, 1.82) is 0 Å². The molecule has 0 aromatic heterocycles. The van der Waals surface area contributed by atoms with Crippen molar-refractivity contribution in [2.24, 2.45) is 0 Å². The van der Waals surface area contributed by atoms with Gasteiger partial charge in [0.1, 0.15) is 0 Å². The van der Waals surface area contributed by atoms with Crippen LogP contribution in [0.5, 0.6) is 0 Å². The molecule has 0 unspecified atom stereocenters. The minimum atomic E-state index is -0.194. The van der Waals surface area contributed by atoms with Crippen molar-refractivity contribution >= 4 is 29.0 Å². The second kappa shape index (κ2) is 9.31. The molecule has 0 radical (unpaired) electrons. The molecule has 1 fully saturated rings. The maximum Gasteiger partial charge on any atom is 0.227 e. The molecular formula is C23H26N2O3. The lowest BCUT2D eigenvalue weighted by Gasteiger charge is -2.16. The molecule has 0 bridgehead atoms. The highest BCUT2D eigenvalue weighted by Gasteiger charge is 2.21. The number of rotatable bonds is 8. The average molecular weight is 378 g/mol. The molecule has 2 amide bonds. The number of benzene rings is 2. The molecule has 1 aliphatic rings. The third-order valence-corrected chi connectivity index (χ3v) is 4.93. The summed E-state index contributed by atoms with van der Waals surface area (Å²) < 4.78 is 0. The molecule has 0 saturated carbocycles. The highest BCUT2D eigenvalue weighted by Crippen LogP contribution is 2.23. The highest BCUT2D eigenvalue weighted by atomic mass is 16.2. The van der Waals surface area contributed by atoms with Crippen molar-refractivity contribution < 1.29 is 14.4 Å². The van der Waals surface area contributed by atoms with Crippen LogP contribution in [0.3, 0.4) is 0 Å². The second-order valence-electron chi connectivity index (χ2n) is 7.11. The average Bonchev–Trinajstić information content (AvgIpc) is 3.13. The van der Waals surface area contributed by atoms with Crippen LogP contribution in [0.15, 0.2) is 48.5 Å². The van der Waals surface area contributed by atoms with Crippen LogP contribution in [0.2, 0.25) is 0 Å². The zero-order valence-electron chi connectivity index (χ0n) is 16.2. The molecule has 2 aromatic rings. The van der Waals surface area contributed by atoms with Gasteiger partial charge in [-0.3, -0.25) is 14.4 Å². The van der Waals surface area contributed by atoms with E-state index in [1.807, 2.05) is 36.4 Å². The molecule has 1 saturated heterocycles. The molecule has 5 nitrogen and oxygen atoms in total. The minimum absolute atomic E-state index is 0.0268. The first-order valence-corrected chi connectivity index (χ1v) is 9.89. The number of carbonyl (C=O) groups excluding carboxylic acids is 3. The fraction of sp³-hybridized carbons (Fsp3) is 0.348. The fourth-order valence-corrected chi connectivity index (χ4v) is 3.39. The Bertz CT molecular complexity index is 841. The van der Waals surface area contributed by atoms with Crippen LogP contribution in [0.4, 0.5) is 11.4 Å². The maximum absolute atomic E-state index is 12.3. The van der Waals surface area contributed by atoms with E-state index in [-0.39, 0.29) is 30.4 Å². The van der Waals surface area contributed by atoms with Gasteiger partial charge in [-0.25, -0.2) is 0 Å². The smallest absolute Gasteiger partial charge is 0.227 e. The summed E-state index contributed by atoms with van der Waals surface area (Å²) in [6.45, 7) is 2.86. The molecule has 3 rings (SSSR count). The molecule has 1 heterocycles. The summed E-state index contributed by atoms with van der Waals surface area (Å²) in [6.07, 6.45) is 3.87. The van der Waals surface area contributed by atoms with Gasteiger partial charge in [0, 0.05) is 42.7 Å². The van der Waals surface area contributed by atoms with Gasteiger partial charge in [-0.05, 0) is 42.7 Å². The Morgan fingerprint density at radius 3 is 2.32 bits per heavy atom. The predicted molar refractivity (Wildman–Crippen MR) is 111 cm³/mol. The lowest BCUT2D eigenvalue weighted by atomic mass is 10.0. The van der Waals surface area contributed by atoms with Crippen LogP contribution < -0.4 is 10.2 Å². The van der Waals surface area contributed by atoms with E-state index in [4.69, 9.17) is 0 Å². The number of amides is 2. The van der Waals surface area contributed by atoms with Crippen LogP contribution in [0.25, 0.3) is 0 Å². The van der Waals surface area contributed by atoms with Gasteiger partial charge in [0.2, 0.25) is 11.8 Å². The van der Waals surface area contributed by atoms with Crippen molar-refractivity contribution in [3.63, 3.8) is 0 Å². The Labute approximate surface area is 165 Å². The van der Waals surface area contributed by atoms with Gasteiger partial charge < -0.3 is 10.2 Å². The molecule has 28 heavy (non-hydrogen) atoms. The third kappa shape index (κ3) is 5.06. The first-order valence-electron chi connectivity index (χ1n) is 9.89. The van der Waals surface area contributed by atoms with Gasteiger partial charge in [-0.1, -0.05) is 37.6 Å². The Morgan fingerprint density at radius 2 is 1.71 bits per heavy atom. The zero-order chi connectivity index (χ0) is 19.9. The van der Waals surface area contributed by atoms with Gasteiger partial charge in [0.05, 0.1) is 0 Å². The topological polar surface area (TPSA) is 66.5 Å². The van der Waals surface area contributed by atoms with Crippen molar-refractivity contribution in [2.45, 2.75) is 45.4 Å². The number of hydrogen-bond acceptors (Lipinski definition) is 3. The number of nitrogens with zero attached hydrogens (tertiary/aromatic N) is 1. The van der Waals surface area contributed by atoms with Crippen molar-refractivity contribution in [1.82, 2.24) is 0 Å². The number of nitrogens with one attached hydrogen (secondary N) is 1. The van der Waals surface area contributed by atoms with E-state index < -0.39 is 0 Å². The van der Waals surface area contributed by atoms with E-state index >= 15 is 0 Å². The Balaban J connectivity index is 1.48. The van der Waals surface area contributed by atoms with E-state index in [9.17, 15) is 14.4 Å². The summed E-state index contributed by atoms with van der Waals surface area (Å²) in [5.74, 6) is -0.0833. The predicted octanol–water partition coefficient (Wildman–Crippen LogP) is 4.37. The van der Waals surface area contributed by atoms with E-state index in [0.29, 0.717) is 17.7 Å². The number of anilines is 2. The summed E-state index contributed by atoms with van der Waals surface area (Å²) in [5.41, 5.74) is 3.38. The Kier molecular flexibility index (Phi) is 6.58. The lowest BCUT2D eigenvalue weighted by Crippen LogP contribution is -2.23.